The van der Waals surface area contributed by atoms with Crippen molar-refractivity contribution in [2.24, 2.45) is 0 Å². The van der Waals surface area contributed by atoms with Crippen LogP contribution in [0.3, 0.4) is 0 Å². The van der Waals surface area contributed by atoms with E-state index in [9.17, 15) is 0 Å². The second-order valence-electron chi connectivity index (χ2n) is 4.81. The van der Waals surface area contributed by atoms with E-state index in [4.69, 9.17) is 9.84 Å². The highest BCUT2D eigenvalue weighted by molar-refractivity contribution is 4.48. The van der Waals surface area contributed by atoms with Crippen molar-refractivity contribution in [3.63, 3.8) is 0 Å². The molecule has 0 aliphatic heterocycles. The van der Waals surface area contributed by atoms with Gasteiger partial charge in [0, 0.05) is 19.8 Å². The van der Waals surface area contributed by atoms with Crippen molar-refractivity contribution in [3.8, 4) is 0 Å². The Morgan fingerprint density at radius 2 is 1.06 bits per heavy atom. The van der Waals surface area contributed by atoms with Crippen molar-refractivity contribution in [1.82, 2.24) is 0 Å². The van der Waals surface area contributed by atoms with E-state index in [0.717, 1.165) is 19.6 Å². The van der Waals surface area contributed by atoms with Crippen LogP contribution in [0, 0.1) is 0 Å². The van der Waals surface area contributed by atoms with Gasteiger partial charge in [0.15, 0.2) is 0 Å². The number of rotatable bonds is 14. The predicted molar refractivity (Wildman–Crippen MR) is 74.4 cm³/mol. The van der Waals surface area contributed by atoms with Crippen molar-refractivity contribution in [1.29, 1.82) is 0 Å². The summed E-state index contributed by atoms with van der Waals surface area (Å²) in [5.41, 5.74) is 0. The maximum absolute atomic E-state index is 8.63. The molecule has 0 saturated heterocycles. The van der Waals surface area contributed by atoms with Gasteiger partial charge in [0.1, 0.15) is 0 Å². The summed E-state index contributed by atoms with van der Waals surface area (Å²) in [4.78, 5) is 0. The second kappa shape index (κ2) is 15.9. The zero-order chi connectivity index (χ0) is 12.6. The number of hydrogen-bond donors (Lipinski definition) is 1. The van der Waals surface area contributed by atoms with Crippen LogP contribution < -0.4 is 0 Å². The molecule has 0 saturated carbocycles. The smallest absolute Gasteiger partial charge is 0.0465 e. The van der Waals surface area contributed by atoms with E-state index in [0.29, 0.717) is 6.61 Å². The minimum absolute atomic E-state index is 0.363. The van der Waals surface area contributed by atoms with Crippen LogP contribution >= 0.6 is 0 Å². The van der Waals surface area contributed by atoms with Gasteiger partial charge in [0.05, 0.1) is 0 Å². The fourth-order valence-electron chi connectivity index (χ4n) is 2.05. The van der Waals surface area contributed by atoms with Gasteiger partial charge in [0.25, 0.3) is 0 Å². The molecule has 0 aromatic rings. The lowest BCUT2D eigenvalue weighted by molar-refractivity contribution is 0.143. The van der Waals surface area contributed by atoms with Gasteiger partial charge in [-0.3, -0.25) is 0 Å². The van der Waals surface area contributed by atoms with Gasteiger partial charge in [-0.05, 0) is 19.8 Å². The maximum atomic E-state index is 8.63. The van der Waals surface area contributed by atoms with Crippen molar-refractivity contribution < 1.29 is 9.84 Å². The third-order valence-electron chi connectivity index (χ3n) is 3.15. The molecular weight excluding hydrogens is 212 g/mol. The lowest BCUT2D eigenvalue weighted by Gasteiger charge is -2.03. The largest absolute Gasteiger partial charge is 0.396 e. The number of hydrogen-bond acceptors (Lipinski definition) is 2. The quantitative estimate of drug-likeness (QED) is 0.461. The molecule has 0 spiro atoms. The minimum Gasteiger partial charge on any atom is -0.396 e. The first-order valence-corrected chi connectivity index (χ1v) is 7.60. The Morgan fingerprint density at radius 1 is 0.647 bits per heavy atom. The Morgan fingerprint density at radius 3 is 1.47 bits per heavy atom. The fraction of sp³-hybridized carbons (Fsp3) is 1.00. The van der Waals surface area contributed by atoms with Gasteiger partial charge in [-0.15, -0.1) is 0 Å². The van der Waals surface area contributed by atoms with Crippen LogP contribution in [-0.2, 0) is 4.74 Å². The summed E-state index contributed by atoms with van der Waals surface area (Å²) in [6.45, 7) is 4.22. The Kier molecular flexibility index (Phi) is 15.8. The van der Waals surface area contributed by atoms with Gasteiger partial charge in [0.2, 0.25) is 0 Å². The van der Waals surface area contributed by atoms with Crippen LogP contribution in [0.1, 0.15) is 77.6 Å². The molecular formula is C15H32O2. The summed E-state index contributed by atoms with van der Waals surface area (Å²) in [5.74, 6) is 0. The zero-order valence-corrected chi connectivity index (χ0v) is 11.8. The number of unbranched alkanes of at least 4 members (excludes halogenated alkanes) is 10. The summed E-state index contributed by atoms with van der Waals surface area (Å²) in [7, 11) is 0. The molecule has 0 heterocycles. The maximum Gasteiger partial charge on any atom is 0.0465 e. The second-order valence-corrected chi connectivity index (χ2v) is 4.81. The molecule has 2 heteroatoms. The topological polar surface area (TPSA) is 29.5 Å². The van der Waals surface area contributed by atoms with Crippen LogP contribution in [0.25, 0.3) is 0 Å². The van der Waals surface area contributed by atoms with Crippen LogP contribution in [0.5, 0.6) is 0 Å². The summed E-state index contributed by atoms with van der Waals surface area (Å²) < 4.78 is 5.31. The van der Waals surface area contributed by atoms with E-state index in [1.807, 2.05) is 0 Å². The third kappa shape index (κ3) is 15.9. The summed E-state index contributed by atoms with van der Waals surface area (Å²) in [6, 6.07) is 0. The van der Waals surface area contributed by atoms with Gasteiger partial charge >= 0.3 is 0 Å². The van der Waals surface area contributed by atoms with Crippen molar-refractivity contribution >= 4 is 0 Å². The van der Waals surface area contributed by atoms with E-state index < -0.39 is 0 Å². The third-order valence-corrected chi connectivity index (χ3v) is 3.15. The average molecular weight is 244 g/mol. The average Bonchev–Trinajstić information content (AvgIpc) is 2.35. The molecule has 0 atom stereocenters. The monoisotopic (exact) mass is 244 g/mol. The number of aliphatic hydroxyl groups is 1. The molecule has 0 radical (unpaired) electrons. The molecule has 104 valence electrons. The van der Waals surface area contributed by atoms with Crippen LogP contribution in [0.4, 0.5) is 0 Å². The number of aliphatic hydroxyl groups excluding tert-OH is 1. The van der Waals surface area contributed by atoms with Crippen molar-refractivity contribution in [3.05, 3.63) is 0 Å². The van der Waals surface area contributed by atoms with Crippen molar-refractivity contribution in [2.75, 3.05) is 19.8 Å². The molecule has 0 aliphatic rings. The Bertz CT molecular complexity index is 112. The fourth-order valence-corrected chi connectivity index (χ4v) is 2.05. The molecule has 0 fully saturated rings. The molecule has 1 N–H and O–H groups in total. The first-order valence-electron chi connectivity index (χ1n) is 7.60. The highest BCUT2D eigenvalue weighted by atomic mass is 16.5. The lowest BCUT2D eigenvalue weighted by atomic mass is 10.1. The van der Waals surface area contributed by atoms with Gasteiger partial charge in [-0.1, -0.05) is 57.8 Å². The highest BCUT2D eigenvalue weighted by Crippen LogP contribution is 2.11. The normalized spacial score (nSPS) is 10.9. The summed E-state index contributed by atoms with van der Waals surface area (Å²) in [6.07, 6.45) is 14.3. The van der Waals surface area contributed by atoms with E-state index >= 15 is 0 Å². The molecule has 0 amide bonds. The Labute approximate surface area is 108 Å². The van der Waals surface area contributed by atoms with Gasteiger partial charge < -0.3 is 9.84 Å². The van der Waals surface area contributed by atoms with Crippen LogP contribution in [0.2, 0.25) is 0 Å². The SMILES string of the molecule is CCOCCCCCCCCCCCCCO. The Hall–Kier alpha value is -0.0800. The molecule has 0 aromatic carbocycles. The number of ether oxygens (including phenoxy) is 1. The molecule has 17 heavy (non-hydrogen) atoms. The lowest BCUT2D eigenvalue weighted by Crippen LogP contribution is -1.92. The van der Waals surface area contributed by atoms with E-state index in [-0.39, 0.29) is 0 Å². The summed E-state index contributed by atoms with van der Waals surface area (Å²) >= 11 is 0. The van der Waals surface area contributed by atoms with E-state index in [2.05, 4.69) is 6.92 Å². The standard InChI is InChI=1S/C15H32O2/c1-2-17-15-13-11-9-7-5-3-4-6-8-10-12-14-16/h16H,2-15H2,1H3. The van der Waals surface area contributed by atoms with Crippen LogP contribution in [0.15, 0.2) is 0 Å². The van der Waals surface area contributed by atoms with Crippen molar-refractivity contribution in [2.45, 2.75) is 77.6 Å². The molecule has 0 unspecified atom stereocenters. The summed E-state index contributed by atoms with van der Waals surface area (Å²) in [5, 5.41) is 8.63. The molecule has 0 bridgehead atoms. The van der Waals surface area contributed by atoms with Crippen LogP contribution in [-0.4, -0.2) is 24.9 Å². The Balaban J connectivity index is 2.85. The molecule has 2 nitrogen and oxygen atoms in total. The minimum atomic E-state index is 0.363. The molecule has 0 aromatic heterocycles. The first-order chi connectivity index (χ1) is 8.41. The van der Waals surface area contributed by atoms with E-state index in [1.165, 1.54) is 64.2 Å². The van der Waals surface area contributed by atoms with Gasteiger partial charge in [-0.2, -0.15) is 0 Å². The van der Waals surface area contributed by atoms with E-state index in [1.54, 1.807) is 0 Å². The molecule has 0 aliphatic carbocycles. The highest BCUT2D eigenvalue weighted by Gasteiger charge is 1.93. The predicted octanol–water partition coefficient (Wildman–Crippen LogP) is 4.31. The molecule has 0 rings (SSSR count). The zero-order valence-electron chi connectivity index (χ0n) is 11.8. The first kappa shape index (κ1) is 16.9. The van der Waals surface area contributed by atoms with Gasteiger partial charge in [-0.25, -0.2) is 0 Å².